The second-order valence-corrected chi connectivity index (χ2v) is 6.11. The van der Waals surface area contributed by atoms with E-state index in [1.165, 1.54) is 6.07 Å². The van der Waals surface area contributed by atoms with Gasteiger partial charge in [0.1, 0.15) is 5.82 Å². The molecule has 0 heterocycles. The average molecular weight is 332 g/mol. The van der Waals surface area contributed by atoms with Gasteiger partial charge in [-0.1, -0.05) is 22.9 Å². The average Bonchev–Trinajstić information content (AvgIpc) is 2.38. The molecule has 0 saturated heterocycles. The Morgan fingerprint density at radius 1 is 1.42 bits per heavy atom. The number of methoxy groups -OCH3 is 1. The van der Waals surface area contributed by atoms with Crippen LogP contribution in [0.25, 0.3) is 0 Å². The maximum absolute atomic E-state index is 13.4. The van der Waals surface area contributed by atoms with Gasteiger partial charge in [-0.2, -0.15) is 0 Å². The molecule has 2 nitrogen and oxygen atoms in total. The van der Waals surface area contributed by atoms with E-state index in [4.69, 9.17) is 4.74 Å². The number of nitrogens with one attached hydrogen (secondary N) is 1. The van der Waals surface area contributed by atoms with Gasteiger partial charge in [-0.15, -0.1) is 0 Å². The topological polar surface area (TPSA) is 21.3 Å². The molecule has 0 aliphatic rings. The van der Waals surface area contributed by atoms with Crippen molar-refractivity contribution in [1.82, 2.24) is 5.32 Å². The van der Waals surface area contributed by atoms with Gasteiger partial charge in [0.15, 0.2) is 0 Å². The Morgan fingerprint density at radius 3 is 2.68 bits per heavy atom. The summed E-state index contributed by atoms with van der Waals surface area (Å²) in [5.41, 5.74) is 0.653. The maximum atomic E-state index is 13.4. The molecule has 0 aliphatic heterocycles. The third kappa shape index (κ3) is 4.86. The molecule has 0 bridgehead atoms. The Balaban J connectivity index is 2.90. The van der Waals surface area contributed by atoms with E-state index in [2.05, 4.69) is 28.2 Å². The van der Waals surface area contributed by atoms with Gasteiger partial charge in [-0.25, -0.2) is 4.39 Å². The van der Waals surface area contributed by atoms with E-state index in [0.29, 0.717) is 0 Å². The number of ether oxygens (including phenoxy) is 1. The minimum absolute atomic E-state index is 0.135. The van der Waals surface area contributed by atoms with Crippen LogP contribution < -0.4 is 5.32 Å². The highest BCUT2D eigenvalue weighted by molar-refractivity contribution is 9.10. The molecule has 0 amide bonds. The lowest BCUT2D eigenvalue weighted by Crippen LogP contribution is -2.49. The van der Waals surface area contributed by atoms with Gasteiger partial charge in [-0.05, 0) is 57.0 Å². The number of halogens is 2. The number of rotatable bonds is 7. The second kappa shape index (κ2) is 7.36. The zero-order chi connectivity index (χ0) is 14.5. The monoisotopic (exact) mass is 331 g/mol. The van der Waals surface area contributed by atoms with Crippen LogP contribution in [0.1, 0.15) is 32.8 Å². The van der Waals surface area contributed by atoms with Crippen molar-refractivity contribution in [2.24, 2.45) is 0 Å². The van der Waals surface area contributed by atoms with Crippen molar-refractivity contribution < 1.29 is 9.13 Å². The molecule has 19 heavy (non-hydrogen) atoms. The molecule has 108 valence electrons. The first-order valence-corrected chi connectivity index (χ1v) is 7.42. The molecule has 0 aromatic heterocycles. The van der Waals surface area contributed by atoms with Crippen molar-refractivity contribution in [2.75, 3.05) is 13.7 Å². The van der Waals surface area contributed by atoms with E-state index in [0.717, 1.165) is 29.4 Å². The molecule has 1 aromatic carbocycles. The quantitative estimate of drug-likeness (QED) is 0.817. The standard InChI is InChI=1S/C15H23BrFNO/c1-5-8-18-14(15(2,3)19-4)10-11-9-12(17)6-7-13(11)16/h6-7,9,14,18H,5,8,10H2,1-4H3. The van der Waals surface area contributed by atoms with Crippen molar-refractivity contribution in [3.8, 4) is 0 Å². The molecule has 1 N–H and O–H groups in total. The van der Waals surface area contributed by atoms with Crippen molar-refractivity contribution in [2.45, 2.75) is 45.3 Å². The summed E-state index contributed by atoms with van der Waals surface area (Å²) in [4.78, 5) is 0. The van der Waals surface area contributed by atoms with Crippen molar-refractivity contribution in [3.63, 3.8) is 0 Å². The summed E-state index contributed by atoms with van der Waals surface area (Å²) in [7, 11) is 1.71. The number of hydrogen-bond donors (Lipinski definition) is 1. The maximum Gasteiger partial charge on any atom is 0.123 e. The van der Waals surface area contributed by atoms with Crippen LogP contribution in [0, 0.1) is 5.82 Å². The predicted molar refractivity (Wildman–Crippen MR) is 81.0 cm³/mol. The first kappa shape index (κ1) is 16.6. The lowest BCUT2D eigenvalue weighted by Gasteiger charge is -2.34. The lowest BCUT2D eigenvalue weighted by atomic mass is 9.92. The zero-order valence-corrected chi connectivity index (χ0v) is 13.7. The third-order valence-corrected chi connectivity index (χ3v) is 4.21. The first-order chi connectivity index (χ1) is 8.90. The minimum Gasteiger partial charge on any atom is -0.377 e. The van der Waals surface area contributed by atoms with Crippen LogP contribution in [-0.2, 0) is 11.2 Å². The summed E-state index contributed by atoms with van der Waals surface area (Å²) < 4.78 is 19.9. The Kier molecular flexibility index (Phi) is 6.43. The highest BCUT2D eigenvalue weighted by atomic mass is 79.9. The Labute approximate surface area is 123 Å². The van der Waals surface area contributed by atoms with Gasteiger partial charge >= 0.3 is 0 Å². The van der Waals surface area contributed by atoms with Crippen LogP contribution in [0.4, 0.5) is 4.39 Å². The fourth-order valence-electron chi connectivity index (χ4n) is 1.94. The molecule has 1 unspecified atom stereocenters. The van der Waals surface area contributed by atoms with Crippen molar-refractivity contribution >= 4 is 15.9 Å². The van der Waals surface area contributed by atoms with Crippen LogP contribution in [0.2, 0.25) is 0 Å². The molecular formula is C15H23BrFNO. The molecule has 0 radical (unpaired) electrons. The first-order valence-electron chi connectivity index (χ1n) is 6.63. The van der Waals surface area contributed by atoms with Crippen molar-refractivity contribution in [3.05, 3.63) is 34.1 Å². The Bertz CT molecular complexity index is 409. The van der Waals surface area contributed by atoms with E-state index in [-0.39, 0.29) is 17.5 Å². The summed E-state index contributed by atoms with van der Waals surface area (Å²) >= 11 is 3.48. The third-order valence-electron chi connectivity index (χ3n) is 3.44. The Hall–Kier alpha value is -0.450. The van der Waals surface area contributed by atoms with Gasteiger partial charge in [0.05, 0.1) is 5.60 Å². The molecule has 1 atom stereocenters. The van der Waals surface area contributed by atoms with Crippen molar-refractivity contribution in [1.29, 1.82) is 0 Å². The normalized spacial score (nSPS) is 13.6. The van der Waals surface area contributed by atoms with Crippen LogP contribution in [0.15, 0.2) is 22.7 Å². The summed E-state index contributed by atoms with van der Waals surface area (Å²) in [5, 5.41) is 3.49. The Morgan fingerprint density at radius 2 is 2.11 bits per heavy atom. The van der Waals surface area contributed by atoms with E-state index in [1.54, 1.807) is 19.2 Å². The predicted octanol–water partition coefficient (Wildman–Crippen LogP) is 3.92. The summed E-state index contributed by atoms with van der Waals surface area (Å²) in [6, 6.07) is 4.93. The summed E-state index contributed by atoms with van der Waals surface area (Å²) in [6.45, 7) is 7.15. The van der Waals surface area contributed by atoms with Gasteiger partial charge in [-0.3, -0.25) is 0 Å². The zero-order valence-electron chi connectivity index (χ0n) is 12.1. The fourth-order valence-corrected chi connectivity index (χ4v) is 2.35. The van der Waals surface area contributed by atoms with Crippen LogP contribution in [0.3, 0.4) is 0 Å². The van der Waals surface area contributed by atoms with Gasteiger partial charge in [0.2, 0.25) is 0 Å². The smallest absolute Gasteiger partial charge is 0.123 e. The van der Waals surface area contributed by atoms with Crippen LogP contribution >= 0.6 is 15.9 Å². The molecule has 0 saturated carbocycles. The molecule has 0 aliphatic carbocycles. The van der Waals surface area contributed by atoms with E-state index in [1.807, 2.05) is 13.8 Å². The molecule has 1 rings (SSSR count). The second-order valence-electron chi connectivity index (χ2n) is 5.25. The summed E-state index contributed by atoms with van der Waals surface area (Å²) in [6.07, 6.45) is 1.78. The molecule has 4 heteroatoms. The molecule has 0 spiro atoms. The van der Waals surface area contributed by atoms with Gasteiger partial charge < -0.3 is 10.1 Å². The highest BCUT2D eigenvalue weighted by Crippen LogP contribution is 2.24. The number of benzene rings is 1. The van der Waals surface area contributed by atoms with Gasteiger partial charge in [0.25, 0.3) is 0 Å². The van der Waals surface area contributed by atoms with E-state index < -0.39 is 0 Å². The SMILES string of the molecule is CCCNC(Cc1cc(F)ccc1Br)C(C)(C)OC. The molecular weight excluding hydrogens is 309 g/mol. The largest absolute Gasteiger partial charge is 0.377 e. The molecule has 0 fully saturated rings. The van der Waals surface area contributed by atoms with Gasteiger partial charge in [0, 0.05) is 17.6 Å². The molecule has 1 aromatic rings. The fraction of sp³-hybridized carbons (Fsp3) is 0.600. The van der Waals surface area contributed by atoms with Crippen LogP contribution in [-0.4, -0.2) is 25.3 Å². The van der Waals surface area contributed by atoms with E-state index >= 15 is 0 Å². The highest BCUT2D eigenvalue weighted by Gasteiger charge is 2.29. The van der Waals surface area contributed by atoms with E-state index in [9.17, 15) is 4.39 Å². The lowest BCUT2D eigenvalue weighted by molar-refractivity contribution is -0.0100. The number of hydrogen-bond acceptors (Lipinski definition) is 2. The summed E-state index contributed by atoms with van der Waals surface area (Å²) in [5.74, 6) is -0.206. The minimum atomic E-state index is -0.305. The van der Waals surface area contributed by atoms with Crippen LogP contribution in [0.5, 0.6) is 0 Å².